The van der Waals surface area contributed by atoms with Gasteiger partial charge in [-0.25, -0.2) is 0 Å². The first-order valence-electron chi connectivity index (χ1n) is 3.33. The quantitative estimate of drug-likeness (QED) is 0.462. The Hall–Kier alpha value is -1.78. The van der Waals surface area contributed by atoms with Crippen LogP contribution in [0.1, 0.15) is 0 Å². The number of ether oxygens (including phenoxy) is 2. The maximum Gasteiger partial charge on any atom is 0.517 e. The largest absolute Gasteiger partial charge is 0.517 e. The van der Waals surface area contributed by atoms with Gasteiger partial charge in [-0.1, -0.05) is 12.1 Å². The lowest BCUT2D eigenvalue weighted by molar-refractivity contribution is -0.600. The summed E-state index contributed by atoms with van der Waals surface area (Å²) < 4.78 is 9.69. The Morgan fingerprint density at radius 1 is 1.25 bits per heavy atom. The van der Waals surface area contributed by atoms with E-state index in [9.17, 15) is 10.1 Å². The third-order valence-corrected chi connectivity index (χ3v) is 1.48. The number of nitro groups is 1. The van der Waals surface area contributed by atoms with Crippen molar-refractivity contribution in [2.24, 2.45) is 0 Å². The van der Waals surface area contributed by atoms with E-state index in [1.165, 1.54) is 0 Å². The summed E-state index contributed by atoms with van der Waals surface area (Å²) in [7, 11) is 0. The number of para-hydroxylation sites is 2. The van der Waals surface area contributed by atoms with Gasteiger partial charge in [0.1, 0.15) is 4.92 Å². The van der Waals surface area contributed by atoms with Crippen molar-refractivity contribution < 1.29 is 14.4 Å². The molecule has 2 rings (SSSR count). The number of hydrogen-bond donors (Lipinski definition) is 0. The molecule has 62 valence electrons. The summed E-state index contributed by atoms with van der Waals surface area (Å²) >= 11 is 0. The zero-order valence-electron chi connectivity index (χ0n) is 5.97. The standard InChI is InChI=1S/C7H5NO4/c9-8(10)7-11-5-3-1-2-4-6(5)12-7/h1-4,7H. The SMILES string of the molecule is O=[N+]([O-])C1Oc2ccccc2O1. The molecular weight excluding hydrogens is 162 g/mol. The zero-order chi connectivity index (χ0) is 8.55. The molecule has 1 aromatic carbocycles. The van der Waals surface area contributed by atoms with Crippen LogP contribution in [-0.2, 0) is 0 Å². The fourth-order valence-corrected chi connectivity index (χ4v) is 0.972. The van der Waals surface area contributed by atoms with Crippen LogP contribution in [0.5, 0.6) is 11.5 Å². The zero-order valence-corrected chi connectivity index (χ0v) is 5.97. The first kappa shape index (κ1) is 6.90. The third-order valence-electron chi connectivity index (χ3n) is 1.48. The van der Waals surface area contributed by atoms with Crippen molar-refractivity contribution in [3.8, 4) is 11.5 Å². The first-order chi connectivity index (χ1) is 5.77. The van der Waals surface area contributed by atoms with Gasteiger partial charge in [-0.3, -0.25) is 10.1 Å². The Labute approximate surface area is 67.7 Å². The van der Waals surface area contributed by atoms with E-state index < -0.39 is 11.3 Å². The minimum absolute atomic E-state index is 0.416. The lowest BCUT2D eigenvalue weighted by Crippen LogP contribution is -2.27. The molecule has 0 atom stereocenters. The monoisotopic (exact) mass is 167 g/mol. The van der Waals surface area contributed by atoms with E-state index in [1.807, 2.05) is 0 Å². The Kier molecular flexibility index (Phi) is 1.36. The van der Waals surface area contributed by atoms with Gasteiger partial charge in [0.05, 0.1) is 0 Å². The van der Waals surface area contributed by atoms with Crippen LogP contribution >= 0.6 is 0 Å². The molecule has 0 radical (unpaired) electrons. The summed E-state index contributed by atoms with van der Waals surface area (Å²) in [4.78, 5) is 9.60. The second-order valence-electron chi connectivity index (χ2n) is 2.27. The molecule has 0 unspecified atom stereocenters. The fourth-order valence-electron chi connectivity index (χ4n) is 0.972. The molecule has 0 N–H and O–H groups in total. The van der Waals surface area contributed by atoms with Crippen molar-refractivity contribution >= 4 is 0 Å². The average Bonchev–Trinajstić information content (AvgIpc) is 2.46. The minimum atomic E-state index is -1.39. The molecule has 0 bridgehead atoms. The van der Waals surface area contributed by atoms with Gasteiger partial charge < -0.3 is 9.47 Å². The summed E-state index contributed by atoms with van der Waals surface area (Å²) in [5.41, 5.74) is 0. The van der Waals surface area contributed by atoms with Gasteiger partial charge in [0.2, 0.25) is 0 Å². The van der Waals surface area contributed by atoms with Crippen molar-refractivity contribution in [1.29, 1.82) is 0 Å². The number of rotatable bonds is 1. The number of nitrogens with zero attached hydrogens (tertiary/aromatic N) is 1. The van der Waals surface area contributed by atoms with Crippen LogP contribution < -0.4 is 9.47 Å². The molecule has 1 aromatic rings. The van der Waals surface area contributed by atoms with E-state index in [0.29, 0.717) is 11.5 Å². The third kappa shape index (κ3) is 0.952. The predicted molar refractivity (Wildman–Crippen MR) is 38.5 cm³/mol. The minimum Gasteiger partial charge on any atom is -0.394 e. The van der Waals surface area contributed by atoms with E-state index in [4.69, 9.17) is 9.47 Å². The molecule has 0 saturated carbocycles. The summed E-state index contributed by atoms with van der Waals surface area (Å²) in [6, 6.07) is 6.70. The van der Waals surface area contributed by atoms with Crippen molar-refractivity contribution in [2.75, 3.05) is 0 Å². The topological polar surface area (TPSA) is 61.6 Å². The molecule has 12 heavy (non-hydrogen) atoms. The molecule has 1 aliphatic heterocycles. The smallest absolute Gasteiger partial charge is 0.394 e. The maximum atomic E-state index is 10.2. The molecule has 5 heteroatoms. The Morgan fingerprint density at radius 3 is 2.17 bits per heavy atom. The molecule has 0 spiro atoms. The van der Waals surface area contributed by atoms with Crippen LogP contribution in [0.4, 0.5) is 0 Å². The van der Waals surface area contributed by atoms with E-state index in [1.54, 1.807) is 24.3 Å². The highest BCUT2D eigenvalue weighted by Crippen LogP contribution is 2.33. The van der Waals surface area contributed by atoms with Crippen LogP contribution in [-0.4, -0.2) is 11.3 Å². The van der Waals surface area contributed by atoms with Crippen LogP contribution in [0, 0.1) is 10.1 Å². The van der Waals surface area contributed by atoms with Gasteiger partial charge in [-0.15, -0.1) is 0 Å². The van der Waals surface area contributed by atoms with Crippen LogP contribution in [0.15, 0.2) is 24.3 Å². The number of fused-ring (bicyclic) bond motifs is 1. The molecule has 1 aliphatic rings. The van der Waals surface area contributed by atoms with Crippen molar-refractivity contribution in [2.45, 2.75) is 6.41 Å². The normalized spacial score (nSPS) is 14.7. The number of hydrogen-bond acceptors (Lipinski definition) is 4. The first-order valence-corrected chi connectivity index (χ1v) is 3.33. The lowest BCUT2D eigenvalue weighted by Gasteiger charge is -1.98. The van der Waals surface area contributed by atoms with Gasteiger partial charge >= 0.3 is 6.41 Å². The molecule has 5 nitrogen and oxygen atoms in total. The van der Waals surface area contributed by atoms with E-state index in [2.05, 4.69) is 0 Å². The summed E-state index contributed by atoms with van der Waals surface area (Å²) in [5.74, 6) is 0.832. The van der Waals surface area contributed by atoms with E-state index >= 15 is 0 Å². The second-order valence-corrected chi connectivity index (χ2v) is 2.27. The Morgan fingerprint density at radius 2 is 1.75 bits per heavy atom. The van der Waals surface area contributed by atoms with E-state index in [-0.39, 0.29) is 0 Å². The molecule has 0 saturated heterocycles. The van der Waals surface area contributed by atoms with Gasteiger partial charge in [-0.2, -0.15) is 0 Å². The van der Waals surface area contributed by atoms with Crippen molar-refractivity contribution in [3.05, 3.63) is 34.4 Å². The molecule has 0 amide bonds. The Balaban J connectivity index is 2.27. The fraction of sp³-hybridized carbons (Fsp3) is 0.143. The van der Waals surface area contributed by atoms with Crippen LogP contribution in [0.2, 0.25) is 0 Å². The number of benzene rings is 1. The highest BCUT2D eigenvalue weighted by Gasteiger charge is 2.32. The molecule has 0 fully saturated rings. The van der Waals surface area contributed by atoms with Gasteiger partial charge in [-0.05, 0) is 12.1 Å². The predicted octanol–water partition coefficient (Wildman–Crippen LogP) is 1.02. The highest BCUT2D eigenvalue weighted by atomic mass is 16.8. The average molecular weight is 167 g/mol. The summed E-state index contributed by atoms with van der Waals surface area (Å²) in [6.45, 7) is 0. The van der Waals surface area contributed by atoms with E-state index in [0.717, 1.165) is 0 Å². The molecule has 1 heterocycles. The molecule has 0 aromatic heterocycles. The maximum absolute atomic E-state index is 10.2. The van der Waals surface area contributed by atoms with Crippen LogP contribution in [0.25, 0.3) is 0 Å². The van der Waals surface area contributed by atoms with Gasteiger partial charge in [0.15, 0.2) is 11.5 Å². The lowest BCUT2D eigenvalue weighted by atomic mass is 10.3. The summed E-state index contributed by atoms with van der Waals surface area (Å²) in [6.07, 6.45) is -1.39. The van der Waals surface area contributed by atoms with Crippen molar-refractivity contribution in [1.82, 2.24) is 0 Å². The Bertz CT molecular complexity index is 300. The van der Waals surface area contributed by atoms with Gasteiger partial charge in [0.25, 0.3) is 0 Å². The van der Waals surface area contributed by atoms with Crippen LogP contribution in [0.3, 0.4) is 0 Å². The van der Waals surface area contributed by atoms with Crippen molar-refractivity contribution in [3.63, 3.8) is 0 Å². The molecular formula is C7H5NO4. The van der Waals surface area contributed by atoms with Gasteiger partial charge in [0, 0.05) is 0 Å². The summed E-state index contributed by atoms with van der Waals surface area (Å²) in [5, 5.41) is 10.2. The molecule has 0 aliphatic carbocycles. The highest BCUT2D eigenvalue weighted by molar-refractivity contribution is 5.41. The second kappa shape index (κ2) is 2.37.